The van der Waals surface area contributed by atoms with Gasteiger partial charge in [0.25, 0.3) is 0 Å². The van der Waals surface area contributed by atoms with Crippen molar-refractivity contribution in [3.8, 4) is 0 Å². The van der Waals surface area contributed by atoms with Crippen molar-refractivity contribution in [1.29, 1.82) is 0 Å². The molecule has 2 amide bonds. The molecule has 3 unspecified atom stereocenters. The molecule has 0 aromatic heterocycles. The molecule has 34 heavy (non-hydrogen) atoms. The van der Waals surface area contributed by atoms with E-state index < -0.39 is 5.60 Å². The fourth-order valence-electron chi connectivity index (χ4n) is 5.48. The van der Waals surface area contributed by atoms with Gasteiger partial charge in [-0.25, -0.2) is 4.79 Å². The first-order chi connectivity index (χ1) is 16.4. The molecule has 0 bridgehead atoms. The summed E-state index contributed by atoms with van der Waals surface area (Å²) in [5, 5.41) is 15.7. The molecule has 0 radical (unpaired) electrons. The molecular formula is C26H42ClN3O4. The van der Waals surface area contributed by atoms with Crippen LogP contribution in [0.4, 0.5) is 4.79 Å². The van der Waals surface area contributed by atoms with Crippen LogP contribution in [0.15, 0.2) is 24.3 Å². The van der Waals surface area contributed by atoms with Crippen LogP contribution in [0.25, 0.3) is 0 Å². The summed E-state index contributed by atoms with van der Waals surface area (Å²) in [6.07, 6.45) is 7.31. The first-order valence-corrected chi connectivity index (χ1v) is 13.0. The van der Waals surface area contributed by atoms with E-state index in [-0.39, 0.29) is 18.0 Å². The smallest absolute Gasteiger partial charge is 0.317 e. The summed E-state index contributed by atoms with van der Waals surface area (Å²) in [4.78, 5) is 15.0. The highest BCUT2D eigenvalue weighted by Crippen LogP contribution is 2.40. The largest absolute Gasteiger partial charge is 0.385 e. The van der Waals surface area contributed by atoms with Crippen molar-refractivity contribution in [2.45, 2.75) is 69.1 Å². The molecule has 3 atom stereocenters. The molecule has 2 aliphatic rings. The van der Waals surface area contributed by atoms with E-state index in [1.807, 2.05) is 29.2 Å². The Bertz CT molecular complexity index is 776. The third-order valence-corrected chi connectivity index (χ3v) is 7.86. The summed E-state index contributed by atoms with van der Waals surface area (Å²) >= 11 is 6.28. The molecule has 1 aromatic carbocycles. The minimum Gasteiger partial charge on any atom is -0.385 e. The van der Waals surface area contributed by atoms with Gasteiger partial charge < -0.3 is 30.5 Å². The number of ether oxygens (including phenoxy) is 2. The molecule has 4 N–H and O–H groups in total. The van der Waals surface area contributed by atoms with Gasteiger partial charge in [0.1, 0.15) is 0 Å². The number of halogens is 1. The Morgan fingerprint density at radius 2 is 2.15 bits per heavy atom. The highest BCUT2D eigenvalue weighted by molar-refractivity contribution is 6.30. The quantitative estimate of drug-likeness (QED) is 0.382. The summed E-state index contributed by atoms with van der Waals surface area (Å²) in [6.45, 7) is 2.27. The van der Waals surface area contributed by atoms with E-state index in [0.29, 0.717) is 49.7 Å². The molecule has 1 saturated carbocycles. The minimum atomic E-state index is -1.05. The number of aliphatic hydroxyl groups is 1. The maximum Gasteiger partial charge on any atom is 0.317 e. The first kappa shape index (κ1) is 27.2. The van der Waals surface area contributed by atoms with E-state index in [0.717, 1.165) is 50.5 Å². The van der Waals surface area contributed by atoms with Crippen molar-refractivity contribution in [2.75, 3.05) is 40.5 Å². The van der Waals surface area contributed by atoms with Gasteiger partial charge in [-0.3, -0.25) is 0 Å². The summed E-state index contributed by atoms with van der Waals surface area (Å²) < 4.78 is 10.6. The molecule has 1 aliphatic heterocycles. The maximum absolute atomic E-state index is 13.2. The highest BCUT2D eigenvalue weighted by atomic mass is 35.5. The zero-order valence-corrected chi connectivity index (χ0v) is 21.4. The van der Waals surface area contributed by atoms with Crippen LogP contribution in [0.1, 0.15) is 56.9 Å². The van der Waals surface area contributed by atoms with Crippen molar-refractivity contribution in [1.82, 2.24) is 10.2 Å². The molecular weight excluding hydrogens is 454 g/mol. The first-order valence-electron chi connectivity index (χ1n) is 12.6. The van der Waals surface area contributed by atoms with Crippen LogP contribution < -0.4 is 11.1 Å². The summed E-state index contributed by atoms with van der Waals surface area (Å²) in [7, 11) is 3.44. The second kappa shape index (κ2) is 13.1. The summed E-state index contributed by atoms with van der Waals surface area (Å²) in [6, 6.07) is 7.37. The molecule has 192 valence electrons. The van der Waals surface area contributed by atoms with Crippen molar-refractivity contribution in [2.24, 2.45) is 17.6 Å². The Kier molecular flexibility index (Phi) is 10.5. The van der Waals surface area contributed by atoms with Gasteiger partial charge in [0.2, 0.25) is 0 Å². The fraction of sp³-hybridized carbons (Fsp3) is 0.731. The van der Waals surface area contributed by atoms with Crippen molar-refractivity contribution >= 4 is 17.6 Å². The number of rotatable bonds is 12. The fourth-order valence-corrected chi connectivity index (χ4v) is 5.67. The van der Waals surface area contributed by atoms with Gasteiger partial charge in [-0.2, -0.15) is 0 Å². The number of piperidine rings is 1. The number of nitrogens with one attached hydrogen (secondary N) is 1. The van der Waals surface area contributed by atoms with Gasteiger partial charge in [-0.1, -0.05) is 23.7 Å². The lowest BCUT2D eigenvalue weighted by Crippen LogP contribution is -2.54. The Morgan fingerprint density at radius 1 is 1.35 bits per heavy atom. The Morgan fingerprint density at radius 3 is 2.82 bits per heavy atom. The highest BCUT2D eigenvalue weighted by Gasteiger charge is 2.41. The molecule has 1 aromatic rings. The predicted octanol–water partition coefficient (Wildman–Crippen LogP) is 3.91. The van der Waals surface area contributed by atoms with Crippen LogP contribution in [-0.4, -0.2) is 68.6 Å². The lowest BCUT2D eigenvalue weighted by atomic mass is 9.74. The van der Waals surface area contributed by atoms with E-state index in [4.69, 9.17) is 26.8 Å². The minimum absolute atomic E-state index is 0.0449. The number of carbonyl (C=O) groups excluding carboxylic acids is 1. The number of carbonyl (C=O) groups is 1. The van der Waals surface area contributed by atoms with Gasteiger partial charge in [-0.05, 0) is 75.0 Å². The zero-order valence-electron chi connectivity index (χ0n) is 20.7. The lowest BCUT2D eigenvalue weighted by molar-refractivity contribution is -0.0564. The molecule has 7 nitrogen and oxygen atoms in total. The molecule has 2 fully saturated rings. The van der Waals surface area contributed by atoms with Crippen LogP contribution >= 0.6 is 11.6 Å². The molecule has 0 spiro atoms. The SMILES string of the molecule is COCCCCC(O)(c1cccc(Cl)c1)C1CCCN(C(=O)NC(CN)CC2CC(OC)C2)C1. The number of hydrogen-bond donors (Lipinski definition) is 3. The number of nitrogens with two attached hydrogens (primary N) is 1. The number of benzene rings is 1. The van der Waals surface area contributed by atoms with E-state index in [2.05, 4.69) is 5.32 Å². The Labute approximate surface area is 209 Å². The molecule has 1 aliphatic carbocycles. The number of unbranched alkanes of at least 4 members (excludes halogenated alkanes) is 1. The van der Waals surface area contributed by atoms with E-state index in [1.54, 1.807) is 14.2 Å². The number of nitrogens with zero attached hydrogens (tertiary/aromatic N) is 1. The monoisotopic (exact) mass is 495 g/mol. The van der Waals surface area contributed by atoms with Crippen LogP contribution in [-0.2, 0) is 15.1 Å². The predicted molar refractivity (Wildman–Crippen MR) is 135 cm³/mol. The number of likely N-dealkylation sites (tertiary alicyclic amines) is 1. The second-order valence-corrected chi connectivity index (χ2v) is 10.4. The van der Waals surface area contributed by atoms with Gasteiger partial charge in [0, 0.05) is 57.4 Å². The van der Waals surface area contributed by atoms with E-state index in [1.165, 1.54) is 0 Å². The normalized spacial score (nSPS) is 25.3. The van der Waals surface area contributed by atoms with Crippen LogP contribution in [0.2, 0.25) is 5.02 Å². The Balaban J connectivity index is 1.64. The summed E-state index contributed by atoms with van der Waals surface area (Å²) in [5.41, 5.74) is 5.76. The number of urea groups is 1. The average molecular weight is 496 g/mol. The third-order valence-electron chi connectivity index (χ3n) is 7.62. The topological polar surface area (TPSA) is 97.1 Å². The molecule has 1 heterocycles. The van der Waals surface area contributed by atoms with Crippen molar-refractivity contribution in [3.05, 3.63) is 34.9 Å². The van der Waals surface area contributed by atoms with Crippen LogP contribution in [0.5, 0.6) is 0 Å². The average Bonchev–Trinajstić information content (AvgIpc) is 2.82. The van der Waals surface area contributed by atoms with E-state index in [9.17, 15) is 9.90 Å². The lowest BCUT2D eigenvalue weighted by Gasteiger charge is -2.43. The van der Waals surface area contributed by atoms with Crippen molar-refractivity contribution < 1.29 is 19.4 Å². The molecule has 8 heteroatoms. The second-order valence-electron chi connectivity index (χ2n) is 9.98. The van der Waals surface area contributed by atoms with Crippen molar-refractivity contribution in [3.63, 3.8) is 0 Å². The van der Waals surface area contributed by atoms with Crippen LogP contribution in [0, 0.1) is 11.8 Å². The van der Waals surface area contributed by atoms with E-state index >= 15 is 0 Å². The number of amides is 2. The van der Waals surface area contributed by atoms with Gasteiger partial charge in [0.15, 0.2) is 0 Å². The molecule has 1 saturated heterocycles. The van der Waals surface area contributed by atoms with Gasteiger partial charge >= 0.3 is 6.03 Å². The number of hydrogen-bond acceptors (Lipinski definition) is 5. The Hall–Kier alpha value is -1.38. The van der Waals surface area contributed by atoms with Crippen LogP contribution in [0.3, 0.4) is 0 Å². The summed E-state index contributed by atoms with van der Waals surface area (Å²) in [5.74, 6) is 0.478. The maximum atomic E-state index is 13.2. The zero-order chi connectivity index (χ0) is 24.6. The van der Waals surface area contributed by atoms with Gasteiger partial charge in [0.05, 0.1) is 11.7 Å². The number of methoxy groups -OCH3 is 2. The molecule has 3 rings (SSSR count). The van der Waals surface area contributed by atoms with Gasteiger partial charge in [-0.15, -0.1) is 0 Å². The third kappa shape index (κ3) is 7.08. The standard InChI is InChI=1S/C26H42ClN3O4/c1-33-12-4-3-10-26(32,20-7-5-9-22(27)16-20)21-8-6-11-30(18-21)25(31)29-23(17-28)13-19-14-24(15-19)34-2/h5,7,9,16,19,21,23-24,32H,3-4,6,8,10-15,17-18,28H2,1-2H3,(H,29,31).